The second-order valence-corrected chi connectivity index (χ2v) is 3.12. The molecule has 0 radical (unpaired) electrons. The molecule has 0 spiro atoms. The predicted molar refractivity (Wildman–Crippen MR) is 37.9 cm³/mol. The van der Waals surface area contributed by atoms with Crippen molar-refractivity contribution in [3.05, 3.63) is 0 Å². The first kappa shape index (κ1) is 9.86. The summed E-state index contributed by atoms with van der Waals surface area (Å²) in [6.07, 6.45) is -6.58. The van der Waals surface area contributed by atoms with Gasteiger partial charge in [-0.1, -0.05) is 0 Å². The summed E-state index contributed by atoms with van der Waals surface area (Å²) in [5.74, 6) is -0.887. The molecule has 12 heavy (non-hydrogen) atoms. The van der Waals surface area contributed by atoms with Gasteiger partial charge in [-0.2, -0.15) is 0 Å². The largest absolute Gasteiger partial charge is 0.454 e. The molecule has 0 aromatic carbocycles. The van der Waals surface area contributed by atoms with E-state index in [0.717, 1.165) is 0 Å². The van der Waals surface area contributed by atoms with Gasteiger partial charge in [0.25, 0.3) is 0 Å². The maximum absolute atomic E-state index is 12.6. The number of alkyl halides is 3. The molecule has 0 aromatic heterocycles. The van der Waals surface area contributed by atoms with Crippen LogP contribution in [0.1, 0.15) is 12.8 Å². The molecule has 0 bridgehead atoms. The third-order valence-corrected chi connectivity index (χ3v) is 2.17. The van der Waals surface area contributed by atoms with Crippen LogP contribution in [0.5, 0.6) is 0 Å². The third-order valence-electron chi connectivity index (χ3n) is 2.17. The molecule has 2 unspecified atom stereocenters. The van der Waals surface area contributed by atoms with E-state index in [-0.39, 0.29) is 12.8 Å². The second-order valence-electron chi connectivity index (χ2n) is 3.12. The summed E-state index contributed by atoms with van der Waals surface area (Å²) < 4.78 is 37.7. The molecule has 1 fully saturated rings. The summed E-state index contributed by atoms with van der Waals surface area (Å²) in [6, 6.07) is 0. The normalized spacial score (nSPS) is 42.8. The van der Waals surface area contributed by atoms with Gasteiger partial charge in [0.05, 0.1) is 0 Å². The van der Waals surface area contributed by atoms with Gasteiger partial charge < -0.3 is 10.0 Å². The van der Waals surface area contributed by atoms with Crippen LogP contribution in [0.25, 0.3) is 0 Å². The number of hydrogen-bond acceptors (Lipinski definition) is 2. The van der Waals surface area contributed by atoms with Crippen LogP contribution >= 0.6 is 0 Å². The quantitative estimate of drug-likeness (QED) is 0.584. The van der Waals surface area contributed by atoms with E-state index in [9.17, 15) is 13.2 Å². The summed E-state index contributed by atoms with van der Waals surface area (Å²) in [4.78, 5) is 0. The van der Waals surface area contributed by atoms with E-state index in [2.05, 4.69) is 0 Å². The van der Waals surface area contributed by atoms with E-state index in [4.69, 9.17) is 10.0 Å². The molecule has 2 atom stereocenters. The molecule has 0 saturated heterocycles. The van der Waals surface area contributed by atoms with E-state index in [0.29, 0.717) is 0 Å². The maximum atomic E-state index is 12.6. The second kappa shape index (κ2) is 3.66. The molecule has 0 amide bonds. The topological polar surface area (TPSA) is 40.5 Å². The molecular formula is C6H10BF3O2. The minimum Gasteiger partial charge on any atom is -0.427 e. The molecule has 0 heterocycles. The van der Waals surface area contributed by atoms with Crippen LogP contribution in [0.3, 0.4) is 0 Å². The van der Waals surface area contributed by atoms with Crippen LogP contribution in [0.2, 0.25) is 5.82 Å². The van der Waals surface area contributed by atoms with E-state index in [1.807, 2.05) is 0 Å². The Kier molecular flexibility index (Phi) is 3.01. The zero-order valence-electron chi connectivity index (χ0n) is 6.33. The van der Waals surface area contributed by atoms with Crippen molar-refractivity contribution in [3.63, 3.8) is 0 Å². The molecule has 0 aliphatic heterocycles. The zero-order chi connectivity index (χ0) is 9.30. The molecule has 2 nitrogen and oxygen atoms in total. The van der Waals surface area contributed by atoms with Crippen molar-refractivity contribution in [1.82, 2.24) is 0 Å². The molecule has 6 heteroatoms. The fraction of sp³-hybridized carbons (Fsp3) is 1.00. The monoisotopic (exact) mass is 182 g/mol. The fourth-order valence-corrected chi connectivity index (χ4v) is 1.40. The van der Waals surface area contributed by atoms with Crippen LogP contribution < -0.4 is 0 Å². The van der Waals surface area contributed by atoms with Crippen LogP contribution in [0.4, 0.5) is 13.2 Å². The smallest absolute Gasteiger partial charge is 0.427 e. The minimum absolute atomic E-state index is 0.320. The van der Waals surface area contributed by atoms with Gasteiger partial charge in [-0.05, 0) is 18.7 Å². The van der Waals surface area contributed by atoms with E-state index >= 15 is 0 Å². The Hall–Kier alpha value is -0.225. The summed E-state index contributed by atoms with van der Waals surface area (Å²) in [7, 11) is -1.76. The Morgan fingerprint density at radius 1 is 1.00 bits per heavy atom. The molecule has 70 valence electrons. The number of rotatable bonds is 1. The lowest BCUT2D eigenvalue weighted by Crippen LogP contribution is -2.39. The highest BCUT2D eigenvalue weighted by molar-refractivity contribution is 6.43. The average Bonchev–Trinajstić information content (AvgIpc) is 1.99. The van der Waals surface area contributed by atoms with Crippen LogP contribution in [-0.2, 0) is 0 Å². The van der Waals surface area contributed by atoms with Crippen LogP contribution in [0.15, 0.2) is 0 Å². The maximum Gasteiger partial charge on any atom is 0.454 e. The average molecular weight is 182 g/mol. The van der Waals surface area contributed by atoms with Gasteiger partial charge in [0.15, 0.2) is 6.17 Å². The van der Waals surface area contributed by atoms with Gasteiger partial charge in [-0.25, -0.2) is 13.2 Å². The summed E-state index contributed by atoms with van der Waals surface area (Å²) >= 11 is 0. The Balaban J connectivity index is 2.53. The number of hydrogen-bond donors (Lipinski definition) is 2. The first-order chi connectivity index (χ1) is 5.52. The highest BCUT2D eigenvalue weighted by Gasteiger charge is 2.42. The van der Waals surface area contributed by atoms with E-state index in [1.54, 1.807) is 0 Å². The predicted octanol–water partition coefficient (Wildman–Crippen LogP) is 0.637. The van der Waals surface area contributed by atoms with Crippen LogP contribution in [0, 0.1) is 0 Å². The molecular weight excluding hydrogens is 172 g/mol. The summed E-state index contributed by atoms with van der Waals surface area (Å²) in [5, 5.41) is 17.2. The molecule has 0 aromatic rings. The molecule has 1 aliphatic rings. The Morgan fingerprint density at radius 2 is 1.42 bits per heavy atom. The lowest BCUT2D eigenvalue weighted by atomic mass is 9.64. The Bertz CT molecular complexity index is 146. The highest BCUT2D eigenvalue weighted by Crippen LogP contribution is 2.35. The fourth-order valence-electron chi connectivity index (χ4n) is 1.40. The summed E-state index contributed by atoms with van der Waals surface area (Å²) in [6.45, 7) is 0. The molecule has 1 rings (SSSR count). The zero-order valence-corrected chi connectivity index (χ0v) is 6.33. The van der Waals surface area contributed by atoms with E-state index < -0.39 is 31.5 Å². The van der Waals surface area contributed by atoms with Gasteiger partial charge in [0, 0.05) is 0 Å². The van der Waals surface area contributed by atoms with Crippen molar-refractivity contribution in [2.45, 2.75) is 37.2 Å². The van der Waals surface area contributed by atoms with Gasteiger partial charge in [-0.15, -0.1) is 0 Å². The van der Waals surface area contributed by atoms with Crippen molar-refractivity contribution in [2.75, 3.05) is 0 Å². The standard InChI is InChI=1S/C6H10BF3O2/c8-4-1-3(7(11)12)2-5(9)6(4)10/h3-6,11-12H,1-2H2. The lowest BCUT2D eigenvalue weighted by molar-refractivity contribution is 0.0390. The highest BCUT2D eigenvalue weighted by atomic mass is 19.2. The van der Waals surface area contributed by atoms with Crippen molar-refractivity contribution in [3.8, 4) is 0 Å². The Labute approximate surface area is 68.5 Å². The van der Waals surface area contributed by atoms with Crippen molar-refractivity contribution in [1.29, 1.82) is 0 Å². The van der Waals surface area contributed by atoms with Gasteiger partial charge in [-0.3, -0.25) is 0 Å². The molecule has 1 saturated carbocycles. The first-order valence-corrected chi connectivity index (χ1v) is 3.80. The first-order valence-electron chi connectivity index (χ1n) is 3.80. The summed E-state index contributed by atoms with van der Waals surface area (Å²) in [5.41, 5.74) is 0. The van der Waals surface area contributed by atoms with Gasteiger partial charge >= 0.3 is 7.12 Å². The van der Waals surface area contributed by atoms with Crippen molar-refractivity contribution < 1.29 is 23.2 Å². The Morgan fingerprint density at radius 3 is 1.75 bits per heavy atom. The minimum atomic E-state index is -2.11. The lowest BCUT2D eigenvalue weighted by Gasteiger charge is -2.29. The van der Waals surface area contributed by atoms with Gasteiger partial charge in [0.1, 0.15) is 12.3 Å². The van der Waals surface area contributed by atoms with Crippen molar-refractivity contribution >= 4 is 7.12 Å². The third kappa shape index (κ3) is 1.92. The van der Waals surface area contributed by atoms with Crippen molar-refractivity contribution in [2.24, 2.45) is 0 Å². The van der Waals surface area contributed by atoms with Crippen LogP contribution in [-0.4, -0.2) is 35.7 Å². The molecule has 2 N–H and O–H groups in total. The molecule has 1 aliphatic carbocycles. The number of halogens is 3. The van der Waals surface area contributed by atoms with Gasteiger partial charge in [0.2, 0.25) is 0 Å². The van der Waals surface area contributed by atoms with E-state index in [1.165, 1.54) is 0 Å². The SMILES string of the molecule is OB(O)C1CC(F)C(F)C(F)C1.